The number of nitro benzene ring substituents is 1. The summed E-state index contributed by atoms with van der Waals surface area (Å²) in [5.74, 6) is 0.595. The fourth-order valence-electron chi connectivity index (χ4n) is 1.95. The van der Waals surface area contributed by atoms with Crippen molar-refractivity contribution < 1.29 is 4.92 Å². The molecular formula is C14H22N2O2. The molecule has 1 aromatic rings. The van der Waals surface area contributed by atoms with E-state index in [4.69, 9.17) is 5.73 Å². The summed E-state index contributed by atoms with van der Waals surface area (Å²) in [6.07, 6.45) is 1.89. The molecule has 0 radical (unpaired) electrons. The van der Waals surface area contributed by atoms with E-state index in [2.05, 4.69) is 13.8 Å². The Kier molecular flexibility index (Phi) is 4.84. The van der Waals surface area contributed by atoms with E-state index in [1.165, 1.54) is 0 Å². The van der Waals surface area contributed by atoms with Crippen molar-refractivity contribution in [3.05, 3.63) is 38.9 Å². The van der Waals surface area contributed by atoms with E-state index in [1.807, 2.05) is 13.0 Å². The predicted octanol–water partition coefficient (Wildman–Crippen LogP) is 3.65. The first-order valence-corrected chi connectivity index (χ1v) is 6.34. The van der Waals surface area contributed by atoms with Gasteiger partial charge in [0.15, 0.2) is 0 Å². The lowest BCUT2D eigenvalue weighted by molar-refractivity contribution is -0.385. The topological polar surface area (TPSA) is 69.2 Å². The zero-order valence-electron chi connectivity index (χ0n) is 11.6. The highest BCUT2D eigenvalue weighted by atomic mass is 16.6. The molecule has 0 aliphatic heterocycles. The molecule has 1 unspecified atom stereocenters. The van der Waals surface area contributed by atoms with Gasteiger partial charge >= 0.3 is 0 Å². The van der Waals surface area contributed by atoms with E-state index in [-0.39, 0.29) is 16.7 Å². The number of rotatable bonds is 5. The Morgan fingerprint density at radius 3 is 2.39 bits per heavy atom. The minimum atomic E-state index is -0.332. The second kappa shape index (κ2) is 5.96. The molecule has 0 saturated carbocycles. The summed E-state index contributed by atoms with van der Waals surface area (Å²) in [6, 6.07) is 3.46. The summed E-state index contributed by atoms with van der Waals surface area (Å²) in [7, 11) is 0. The monoisotopic (exact) mass is 250 g/mol. The van der Waals surface area contributed by atoms with Crippen LogP contribution in [-0.2, 0) is 0 Å². The summed E-state index contributed by atoms with van der Waals surface area (Å²) in [6.45, 7) is 7.96. The molecule has 0 saturated heterocycles. The first-order chi connectivity index (χ1) is 8.32. The summed E-state index contributed by atoms with van der Waals surface area (Å²) in [5.41, 5.74) is 8.80. The predicted molar refractivity (Wildman–Crippen MR) is 73.6 cm³/mol. The molecule has 0 amide bonds. The van der Waals surface area contributed by atoms with E-state index in [0.717, 1.165) is 29.5 Å². The molecule has 1 rings (SSSR count). The average Bonchev–Trinajstić information content (AvgIpc) is 2.28. The number of hydrogen-bond acceptors (Lipinski definition) is 3. The summed E-state index contributed by atoms with van der Waals surface area (Å²) >= 11 is 0. The Hall–Kier alpha value is -1.42. The molecule has 1 atom stereocenters. The number of benzene rings is 1. The van der Waals surface area contributed by atoms with E-state index >= 15 is 0 Å². The number of aryl methyl sites for hydroxylation is 1. The van der Waals surface area contributed by atoms with Gasteiger partial charge in [-0.25, -0.2) is 0 Å². The summed E-state index contributed by atoms with van der Waals surface area (Å²) in [5, 5.41) is 11.0. The number of hydrogen-bond donors (Lipinski definition) is 1. The average molecular weight is 250 g/mol. The molecule has 0 fully saturated rings. The second-order valence-electron chi connectivity index (χ2n) is 5.32. The van der Waals surface area contributed by atoms with Gasteiger partial charge in [-0.1, -0.05) is 19.9 Å². The van der Waals surface area contributed by atoms with Gasteiger partial charge in [0.05, 0.1) is 4.92 Å². The van der Waals surface area contributed by atoms with Gasteiger partial charge in [0.1, 0.15) is 0 Å². The normalized spacial score (nSPS) is 12.8. The molecule has 100 valence electrons. The summed E-state index contributed by atoms with van der Waals surface area (Å²) in [4.78, 5) is 10.6. The van der Waals surface area contributed by atoms with E-state index in [0.29, 0.717) is 5.92 Å². The molecule has 1 aromatic carbocycles. The van der Waals surface area contributed by atoms with Crippen LogP contribution in [0.2, 0.25) is 0 Å². The van der Waals surface area contributed by atoms with Crippen LogP contribution in [0.4, 0.5) is 5.69 Å². The largest absolute Gasteiger partial charge is 0.324 e. The highest BCUT2D eigenvalue weighted by molar-refractivity contribution is 5.48. The lowest BCUT2D eigenvalue weighted by Crippen LogP contribution is -2.12. The van der Waals surface area contributed by atoms with Crippen LogP contribution in [0.5, 0.6) is 0 Å². The molecular weight excluding hydrogens is 228 g/mol. The van der Waals surface area contributed by atoms with Gasteiger partial charge in [-0.05, 0) is 43.7 Å². The van der Waals surface area contributed by atoms with Gasteiger partial charge < -0.3 is 5.73 Å². The van der Waals surface area contributed by atoms with Gasteiger partial charge in [-0.3, -0.25) is 10.1 Å². The quantitative estimate of drug-likeness (QED) is 0.640. The van der Waals surface area contributed by atoms with Crippen molar-refractivity contribution in [3.8, 4) is 0 Å². The van der Waals surface area contributed by atoms with Gasteiger partial charge in [0, 0.05) is 17.7 Å². The smallest absolute Gasteiger partial charge is 0.272 e. The third-order valence-electron chi connectivity index (χ3n) is 3.34. The first-order valence-electron chi connectivity index (χ1n) is 6.34. The Morgan fingerprint density at radius 1 is 1.28 bits per heavy atom. The lowest BCUT2D eigenvalue weighted by Gasteiger charge is -2.15. The molecule has 0 bridgehead atoms. The Bertz CT molecular complexity index is 442. The van der Waals surface area contributed by atoms with Crippen LogP contribution in [0, 0.1) is 29.9 Å². The van der Waals surface area contributed by atoms with Gasteiger partial charge in [0.2, 0.25) is 0 Å². The Balaban J connectivity index is 2.99. The minimum Gasteiger partial charge on any atom is -0.324 e. The second-order valence-corrected chi connectivity index (χ2v) is 5.32. The molecule has 4 heteroatoms. The van der Waals surface area contributed by atoms with Crippen molar-refractivity contribution in [3.63, 3.8) is 0 Å². The molecule has 0 aliphatic carbocycles. The van der Waals surface area contributed by atoms with Crippen LogP contribution in [0.3, 0.4) is 0 Å². The maximum Gasteiger partial charge on any atom is 0.272 e. The molecule has 0 aliphatic rings. The molecule has 0 heterocycles. The van der Waals surface area contributed by atoms with Crippen LogP contribution < -0.4 is 5.73 Å². The van der Waals surface area contributed by atoms with Gasteiger partial charge in [0.25, 0.3) is 5.69 Å². The van der Waals surface area contributed by atoms with Crippen LogP contribution in [0.1, 0.15) is 49.4 Å². The number of nitro groups is 1. The molecule has 4 nitrogen and oxygen atoms in total. The maximum atomic E-state index is 11.0. The maximum absolute atomic E-state index is 11.0. The van der Waals surface area contributed by atoms with E-state index < -0.39 is 0 Å². The third-order valence-corrected chi connectivity index (χ3v) is 3.34. The van der Waals surface area contributed by atoms with Crippen molar-refractivity contribution >= 4 is 5.69 Å². The fourth-order valence-corrected chi connectivity index (χ4v) is 1.95. The van der Waals surface area contributed by atoms with Crippen LogP contribution in [0.15, 0.2) is 12.1 Å². The van der Waals surface area contributed by atoms with E-state index in [9.17, 15) is 10.1 Å². The van der Waals surface area contributed by atoms with Crippen LogP contribution >= 0.6 is 0 Å². The zero-order chi connectivity index (χ0) is 13.9. The lowest BCUT2D eigenvalue weighted by atomic mass is 9.95. The van der Waals surface area contributed by atoms with Gasteiger partial charge in [-0.2, -0.15) is 0 Å². The minimum absolute atomic E-state index is 0.120. The highest BCUT2D eigenvalue weighted by Gasteiger charge is 2.17. The zero-order valence-corrected chi connectivity index (χ0v) is 11.6. The SMILES string of the molecule is Cc1cc(C(N)CCC(C)C)cc([N+](=O)[O-])c1C. The van der Waals surface area contributed by atoms with E-state index in [1.54, 1.807) is 13.0 Å². The molecule has 0 aromatic heterocycles. The highest BCUT2D eigenvalue weighted by Crippen LogP contribution is 2.28. The standard InChI is InChI=1S/C14H22N2O2/c1-9(2)5-6-13(15)12-7-10(3)11(4)14(8-12)16(17)18/h7-9,13H,5-6,15H2,1-4H3. The molecule has 2 N–H and O–H groups in total. The number of nitrogens with two attached hydrogens (primary N) is 1. The first kappa shape index (κ1) is 14.6. The van der Waals surface area contributed by atoms with Crippen LogP contribution in [0.25, 0.3) is 0 Å². The Labute approximate surface area is 108 Å². The molecule has 18 heavy (non-hydrogen) atoms. The van der Waals surface area contributed by atoms with Crippen molar-refractivity contribution in [2.45, 2.75) is 46.6 Å². The third kappa shape index (κ3) is 3.53. The fraction of sp³-hybridized carbons (Fsp3) is 0.571. The van der Waals surface area contributed by atoms with Crippen molar-refractivity contribution in [2.24, 2.45) is 11.7 Å². The van der Waals surface area contributed by atoms with Crippen molar-refractivity contribution in [1.82, 2.24) is 0 Å². The summed E-state index contributed by atoms with van der Waals surface area (Å²) < 4.78 is 0. The molecule has 0 spiro atoms. The van der Waals surface area contributed by atoms with Crippen molar-refractivity contribution in [1.29, 1.82) is 0 Å². The van der Waals surface area contributed by atoms with Crippen LogP contribution in [-0.4, -0.2) is 4.92 Å². The van der Waals surface area contributed by atoms with Gasteiger partial charge in [-0.15, -0.1) is 0 Å². The van der Waals surface area contributed by atoms with Crippen molar-refractivity contribution in [2.75, 3.05) is 0 Å². The Morgan fingerprint density at radius 2 is 1.89 bits per heavy atom. The number of nitrogens with zero attached hydrogens (tertiary/aromatic N) is 1.